The Hall–Kier alpha value is -1.75. The zero-order chi connectivity index (χ0) is 14.0. The molecule has 1 aromatic carbocycles. The Labute approximate surface area is 111 Å². The van der Waals surface area contributed by atoms with Crippen LogP contribution in [0.25, 0.3) is 0 Å². The van der Waals surface area contributed by atoms with Crippen LogP contribution in [-0.4, -0.2) is 23.6 Å². The Morgan fingerprint density at radius 3 is 2.58 bits per heavy atom. The largest absolute Gasteiger partial charge is 0.410 e. The van der Waals surface area contributed by atoms with Crippen LogP contribution in [0.4, 0.5) is 8.78 Å². The topological polar surface area (TPSA) is 74.8 Å². The molecule has 8 heteroatoms. The van der Waals surface area contributed by atoms with E-state index in [2.05, 4.69) is 5.16 Å². The third kappa shape index (κ3) is 2.38. The number of hydrogen-bond donors (Lipinski definition) is 1. The lowest BCUT2D eigenvalue weighted by atomic mass is 10.0. The fourth-order valence-electron chi connectivity index (χ4n) is 1.67. The van der Waals surface area contributed by atoms with Crippen molar-refractivity contribution in [3.8, 4) is 6.07 Å². The van der Waals surface area contributed by atoms with E-state index in [0.717, 1.165) is 6.07 Å². The van der Waals surface area contributed by atoms with Gasteiger partial charge in [0, 0.05) is 5.56 Å². The molecule has 1 aliphatic rings. The van der Waals surface area contributed by atoms with Crippen LogP contribution >= 0.6 is 11.6 Å². The summed E-state index contributed by atoms with van der Waals surface area (Å²) in [5.74, 6) is -2.29. The predicted molar refractivity (Wildman–Crippen MR) is 59.9 cm³/mol. The maximum atomic E-state index is 14.0. The molecule has 0 atom stereocenters. The van der Waals surface area contributed by atoms with E-state index >= 15 is 0 Å². The van der Waals surface area contributed by atoms with Crippen LogP contribution in [0.1, 0.15) is 23.0 Å². The van der Waals surface area contributed by atoms with E-state index in [1.54, 1.807) is 0 Å². The smallest absolute Gasteiger partial charge is 0.186 e. The van der Waals surface area contributed by atoms with Gasteiger partial charge in [0.05, 0.1) is 18.8 Å². The molecule has 0 aromatic heterocycles. The minimum Gasteiger partial charge on any atom is -0.410 e. The lowest BCUT2D eigenvalue weighted by molar-refractivity contribution is -0.0465. The fraction of sp³-hybridized carbons (Fsp3) is 0.273. The molecule has 1 fully saturated rings. The summed E-state index contributed by atoms with van der Waals surface area (Å²) >= 11 is 5.50. The zero-order valence-corrected chi connectivity index (χ0v) is 10.1. The van der Waals surface area contributed by atoms with Crippen molar-refractivity contribution < 1.29 is 23.5 Å². The van der Waals surface area contributed by atoms with E-state index in [4.69, 9.17) is 31.5 Å². The quantitative estimate of drug-likeness (QED) is 0.514. The molecule has 0 unspecified atom stereocenters. The van der Waals surface area contributed by atoms with Gasteiger partial charge in [0.1, 0.15) is 11.6 Å². The maximum Gasteiger partial charge on any atom is 0.186 e. The van der Waals surface area contributed by atoms with Crippen molar-refractivity contribution >= 4 is 16.8 Å². The number of ether oxygens (including phenoxy) is 2. The molecule has 0 radical (unpaired) electrons. The second kappa shape index (κ2) is 5.48. The second-order valence-electron chi connectivity index (χ2n) is 3.59. The van der Waals surface area contributed by atoms with Crippen molar-refractivity contribution in [3.63, 3.8) is 0 Å². The Morgan fingerprint density at radius 1 is 1.42 bits per heavy atom. The van der Waals surface area contributed by atoms with Crippen LogP contribution in [-0.2, 0) is 9.47 Å². The zero-order valence-electron chi connectivity index (χ0n) is 9.36. The lowest BCUT2D eigenvalue weighted by Gasteiger charge is -2.13. The van der Waals surface area contributed by atoms with Gasteiger partial charge >= 0.3 is 0 Å². The Morgan fingerprint density at radius 2 is 2.05 bits per heavy atom. The number of benzene rings is 1. The first-order valence-corrected chi connectivity index (χ1v) is 5.51. The van der Waals surface area contributed by atoms with Gasteiger partial charge in [-0.1, -0.05) is 16.8 Å². The van der Waals surface area contributed by atoms with Crippen LogP contribution < -0.4 is 0 Å². The van der Waals surface area contributed by atoms with E-state index in [0.29, 0.717) is 0 Å². The summed E-state index contributed by atoms with van der Waals surface area (Å²) in [6.45, 7) is 0.501. The highest BCUT2D eigenvalue weighted by Gasteiger charge is 2.28. The minimum absolute atomic E-state index is 0.174. The molecule has 2 rings (SSSR count). The molecule has 100 valence electrons. The third-order valence-electron chi connectivity index (χ3n) is 2.53. The van der Waals surface area contributed by atoms with E-state index in [1.807, 2.05) is 0 Å². The number of rotatable bonds is 2. The van der Waals surface area contributed by atoms with Crippen molar-refractivity contribution in [2.75, 3.05) is 13.2 Å². The number of nitriles is 1. The highest BCUT2D eigenvalue weighted by atomic mass is 35.5. The fourth-order valence-corrected chi connectivity index (χ4v) is 1.81. The maximum absolute atomic E-state index is 14.0. The predicted octanol–water partition coefficient (Wildman–Crippen LogP) is 2.26. The van der Waals surface area contributed by atoms with Gasteiger partial charge in [-0.2, -0.15) is 5.26 Å². The molecule has 1 heterocycles. The monoisotopic (exact) mass is 288 g/mol. The molecule has 1 saturated heterocycles. The van der Waals surface area contributed by atoms with Crippen LogP contribution in [0.2, 0.25) is 0 Å². The summed E-state index contributed by atoms with van der Waals surface area (Å²) in [6.07, 6.45) is -1.05. The van der Waals surface area contributed by atoms with Gasteiger partial charge < -0.3 is 14.7 Å². The molecule has 0 saturated carbocycles. The van der Waals surface area contributed by atoms with E-state index < -0.39 is 34.2 Å². The molecule has 5 nitrogen and oxygen atoms in total. The van der Waals surface area contributed by atoms with Gasteiger partial charge in [-0.25, -0.2) is 8.78 Å². The van der Waals surface area contributed by atoms with Gasteiger partial charge in [0.2, 0.25) is 0 Å². The lowest BCUT2D eigenvalue weighted by Crippen LogP contribution is -2.09. The molecule has 1 N–H and O–H groups in total. The summed E-state index contributed by atoms with van der Waals surface area (Å²) in [5.41, 5.74) is -1.42. The molecule has 19 heavy (non-hydrogen) atoms. The first kappa shape index (κ1) is 13.7. The highest BCUT2D eigenvalue weighted by molar-refractivity contribution is 6.69. The second-order valence-corrected chi connectivity index (χ2v) is 3.95. The Balaban J connectivity index is 2.64. The summed E-state index contributed by atoms with van der Waals surface area (Å²) in [4.78, 5) is 0. The Bertz CT molecular complexity index is 580. The first-order valence-electron chi connectivity index (χ1n) is 5.13. The van der Waals surface area contributed by atoms with Gasteiger partial charge in [-0.05, 0) is 6.07 Å². The van der Waals surface area contributed by atoms with Gasteiger partial charge in [0.15, 0.2) is 23.1 Å². The van der Waals surface area contributed by atoms with Crippen LogP contribution in [0, 0.1) is 23.0 Å². The van der Waals surface area contributed by atoms with Gasteiger partial charge in [-0.3, -0.25) is 0 Å². The molecule has 0 spiro atoms. The van der Waals surface area contributed by atoms with Crippen molar-refractivity contribution in [1.29, 1.82) is 5.26 Å². The van der Waals surface area contributed by atoms with Crippen molar-refractivity contribution in [3.05, 3.63) is 34.4 Å². The van der Waals surface area contributed by atoms with Crippen LogP contribution in [0.5, 0.6) is 0 Å². The number of halogens is 3. The highest BCUT2D eigenvalue weighted by Crippen LogP contribution is 2.30. The summed E-state index contributed by atoms with van der Waals surface area (Å²) in [5, 5.41) is 19.4. The Kier molecular flexibility index (Phi) is 3.95. The molecule has 0 bridgehead atoms. The van der Waals surface area contributed by atoms with Crippen molar-refractivity contribution in [2.24, 2.45) is 5.16 Å². The standard InChI is InChI=1S/C11H7ClF2N2O3/c12-10(16-17)5-3-6(11-18-1-2-19-11)9(14)7(4-15)8(5)13/h3,11,17H,1-2H2/b16-10-. The SMILES string of the molecule is N#Cc1c(F)c(/C(Cl)=N/O)cc(C2OCCO2)c1F. The molecular formula is C11H7ClF2N2O3. The van der Waals surface area contributed by atoms with Crippen molar-refractivity contribution in [2.45, 2.75) is 6.29 Å². The number of nitrogens with zero attached hydrogens (tertiary/aromatic N) is 2. The molecule has 0 amide bonds. The molecule has 1 aromatic rings. The average molecular weight is 289 g/mol. The van der Waals surface area contributed by atoms with E-state index in [1.165, 1.54) is 6.07 Å². The number of hydrogen-bond acceptors (Lipinski definition) is 5. The number of oxime groups is 1. The summed E-state index contributed by atoms with van der Waals surface area (Å²) in [6, 6.07) is 2.38. The average Bonchev–Trinajstić information content (AvgIpc) is 2.92. The van der Waals surface area contributed by atoms with Gasteiger partial charge in [-0.15, -0.1) is 0 Å². The van der Waals surface area contributed by atoms with Crippen LogP contribution in [0.15, 0.2) is 11.2 Å². The molecule has 1 aliphatic heterocycles. The van der Waals surface area contributed by atoms with Crippen molar-refractivity contribution in [1.82, 2.24) is 0 Å². The third-order valence-corrected chi connectivity index (χ3v) is 2.81. The summed E-state index contributed by atoms with van der Waals surface area (Å²) < 4.78 is 38.0. The normalized spacial score (nSPS) is 16.6. The van der Waals surface area contributed by atoms with Gasteiger partial charge in [0.25, 0.3) is 0 Å². The summed E-state index contributed by atoms with van der Waals surface area (Å²) in [7, 11) is 0. The first-order chi connectivity index (χ1) is 9.10. The van der Waals surface area contributed by atoms with E-state index in [-0.39, 0.29) is 18.8 Å². The molecule has 0 aliphatic carbocycles. The minimum atomic E-state index is -1.20. The molecular weight excluding hydrogens is 282 g/mol. The van der Waals surface area contributed by atoms with Crippen LogP contribution in [0.3, 0.4) is 0 Å². The van der Waals surface area contributed by atoms with E-state index in [9.17, 15) is 8.78 Å².